The van der Waals surface area contributed by atoms with Gasteiger partial charge in [0.1, 0.15) is 6.10 Å². The Morgan fingerprint density at radius 1 is 1.33 bits per heavy atom. The summed E-state index contributed by atoms with van der Waals surface area (Å²) >= 11 is 0. The van der Waals surface area contributed by atoms with Crippen LogP contribution in [0.1, 0.15) is 32.6 Å². The Balaban J connectivity index is 1.41. The quantitative estimate of drug-likeness (QED) is 0.518. The van der Waals surface area contributed by atoms with Crippen LogP contribution in [0.2, 0.25) is 0 Å². The van der Waals surface area contributed by atoms with Gasteiger partial charge in [0.25, 0.3) is 0 Å². The summed E-state index contributed by atoms with van der Waals surface area (Å²) in [5.74, 6) is -0.117. The number of epoxide rings is 2. The van der Waals surface area contributed by atoms with Gasteiger partial charge in [0.2, 0.25) is 0 Å². The topological polar surface area (TPSA) is 51.4 Å². The van der Waals surface area contributed by atoms with Crippen LogP contribution in [0.15, 0.2) is 0 Å². The summed E-state index contributed by atoms with van der Waals surface area (Å²) in [5, 5.41) is 0. The molecule has 5 unspecified atom stereocenters. The Morgan fingerprint density at radius 2 is 2.13 bits per heavy atom. The standard InChI is InChI=1S/C11H16O4/c1-6-9(13-6)5-11(12)14-7-2-3-8-10(4-7)15-8/h6-10H,2-5H2,1H3. The lowest BCUT2D eigenvalue weighted by molar-refractivity contribution is -0.150. The minimum absolute atomic E-state index is 0.0790. The van der Waals surface area contributed by atoms with E-state index in [1.807, 2.05) is 6.92 Å². The molecule has 0 N–H and O–H groups in total. The molecule has 4 nitrogen and oxygen atoms in total. The Bertz CT molecular complexity index is 278. The maximum Gasteiger partial charge on any atom is 0.308 e. The van der Waals surface area contributed by atoms with E-state index in [0.29, 0.717) is 18.6 Å². The summed E-state index contributed by atoms with van der Waals surface area (Å²) in [5.41, 5.74) is 0. The number of carbonyl (C=O) groups is 1. The smallest absolute Gasteiger partial charge is 0.308 e. The van der Waals surface area contributed by atoms with Crippen LogP contribution < -0.4 is 0 Å². The Morgan fingerprint density at radius 3 is 2.80 bits per heavy atom. The molecule has 3 rings (SSSR count). The van der Waals surface area contributed by atoms with Gasteiger partial charge < -0.3 is 14.2 Å². The average Bonchev–Trinajstić information content (AvgIpc) is 3.05. The highest BCUT2D eigenvalue weighted by atomic mass is 16.6. The zero-order valence-corrected chi connectivity index (χ0v) is 8.85. The molecule has 0 radical (unpaired) electrons. The van der Waals surface area contributed by atoms with Crippen LogP contribution >= 0.6 is 0 Å². The highest BCUT2D eigenvalue weighted by Gasteiger charge is 2.45. The molecule has 1 aliphatic carbocycles. The number of hydrogen-bond donors (Lipinski definition) is 0. The van der Waals surface area contributed by atoms with Crippen LogP contribution in [0.3, 0.4) is 0 Å². The Hall–Kier alpha value is -0.610. The van der Waals surface area contributed by atoms with Gasteiger partial charge in [0.05, 0.1) is 30.8 Å². The summed E-state index contributed by atoms with van der Waals surface area (Å²) in [6.07, 6.45) is 4.54. The van der Waals surface area contributed by atoms with E-state index in [2.05, 4.69) is 0 Å². The fourth-order valence-electron chi connectivity index (χ4n) is 2.32. The molecule has 15 heavy (non-hydrogen) atoms. The SMILES string of the molecule is CC1OC1CC(=O)OC1CCC2OC2C1. The van der Waals surface area contributed by atoms with E-state index < -0.39 is 0 Å². The maximum atomic E-state index is 11.5. The number of esters is 1. The van der Waals surface area contributed by atoms with Gasteiger partial charge in [-0.3, -0.25) is 4.79 Å². The summed E-state index contributed by atoms with van der Waals surface area (Å²) < 4.78 is 16.0. The van der Waals surface area contributed by atoms with Crippen molar-refractivity contribution in [1.29, 1.82) is 0 Å². The molecule has 0 spiro atoms. The fraction of sp³-hybridized carbons (Fsp3) is 0.909. The van der Waals surface area contributed by atoms with Gasteiger partial charge in [-0.15, -0.1) is 0 Å². The minimum atomic E-state index is -0.117. The van der Waals surface area contributed by atoms with Gasteiger partial charge in [-0.05, 0) is 19.8 Å². The van der Waals surface area contributed by atoms with Gasteiger partial charge in [-0.25, -0.2) is 0 Å². The van der Waals surface area contributed by atoms with Crippen LogP contribution in [0.4, 0.5) is 0 Å². The van der Waals surface area contributed by atoms with Gasteiger partial charge >= 0.3 is 5.97 Å². The molecule has 0 amide bonds. The summed E-state index contributed by atoms with van der Waals surface area (Å²) in [7, 11) is 0. The van der Waals surface area contributed by atoms with E-state index in [-0.39, 0.29) is 24.3 Å². The molecule has 2 aliphatic heterocycles. The average molecular weight is 212 g/mol. The van der Waals surface area contributed by atoms with Crippen LogP contribution in [-0.4, -0.2) is 36.5 Å². The van der Waals surface area contributed by atoms with Crippen molar-refractivity contribution in [3.05, 3.63) is 0 Å². The zero-order valence-electron chi connectivity index (χ0n) is 8.85. The van der Waals surface area contributed by atoms with Gasteiger partial charge in [-0.1, -0.05) is 0 Å². The van der Waals surface area contributed by atoms with Crippen molar-refractivity contribution in [3.63, 3.8) is 0 Å². The van der Waals surface area contributed by atoms with E-state index in [9.17, 15) is 4.79 Å². The summed E-state index contributed by atoms with van der Waals surface area (Å²) in [6, 6.07) is 0. The molecule has 3 aliphatic rings. The number of fused-ring (bicyclic) bond motifs is 1. The number of hydrogen-bond acceptors (Lipinski definition) is 4. The van der Waals surface area contributed by atoms with Crippen LogP contribution in [0.25, 0.3) is 0 Å². The lowest BCUT2D eigenvalue weighted by Gasteiger charge is -2.19. The van der Waals surface area contributed by atoms with E-state index in [0.717, 1.165) is 19.3 Å². The summed E-state index contributed by atoms with van der Waals surface area (Å²) in [4.78, 5) is 11.5. The van der Waals surface area contributed by atoms with Crippen molar-refractivity contribution < 1.29 is 19.0 Å². The Kier molecular flexibility index (Phi) is 2.21. The maximum absolute atomic E-state index is 11.5. The molecule has 2 heterocycles. The van der Waals surface area contributed by atoms with Crippen LogP contribution in [0.5, 0.6) is 0 Å². The number of ether oxygens (including phenoxy) is 3. The highest BCUT2D eigenvalue weighted by molar-refractivity contribution is 5.70. The van der Waals surface area contributed by atoms with Crippen LogP contribution in [0, 0.1) is 0 Å². The predicted molar refractivity (Wildman–Crippen MR) is 51.3 cm³/mol. The normalized spacial score (nSPS) is 46.9. The minimum Gasteiger partial charge on any atom is -0.462 e. The first-order valence-corrected chi connectivity index (χ1v) is 5.73. The number of carbonyl (C=O) groups excluding carboxylic acids is 1. The molecule has 0 aromatic rings. The van der Waals surface area contributed by atoms with E-state index in [4.69, 9.17) is 14.2 Å². The first-order chi connectivity index (χ1) is 7.22. The molecule has 84 valence electrons. The van der Waals surface area contributed by atoms with Crippen molar-refractivity contribution >= 4 is 5.97 Å². The predicted octanol–water partition coefficient (Wildman–Crippen LogP) is 1.03. The second-order valence-electron chi connectivity index (χ2n) is 4.72. The molecule has 0 aromatic heterocycles. The molecular weight excluding hydrogens is 196 g/mol. The summed E-state index contributed by atoms with van der Waals surface area (Å²) in [6.45, 7) is 1.97. The third-order valence-corrected chi connectivity index (χ3v) is 3.46. The van der Waals surface area contributed by atoms with Crippen molar-refractivity contribution in [3.8, 4) is 0 Å². The van der Waals surface area contributed by atoms with E-state index >= 15 is 0 Å². The Labute approximate surface area is 88.9 Å². The van der Waals surface area contributed by atoms with Gasteiger partial charge in [0.15, 0.2) is 0 Å². The first-order valence-electron chi connectivity index (χ1n) is 5.73. The van der Waals surface area contributed by atoms with Crippen molar-refractivity contribution in [2.75, 3.05) is 0 Å². The third-order valence-electron chi connectivity index (χ3n) is 3.46. The molecule has 4 heteroatoms. The largest absolute Gasteiger partial charge is 0.462 e. The lowest BCUT2D eigenvalue weighted by atomic mass is 9.98. The van der Waals surface area contributed by atoms with E-state index in [1.165, 1.54) is 0 Å². The van der Waals surface area contributed by atoms with Crippen LogP contribution in [-0.2, 0) is 19.0 Å². The third kappa shape index (κ3) is 2.16. The van der Waals surface area contributed by atoms with E-state index in [1.54, 1.807) is 0 Å². The fourth-order valence-corrected chi connectivity index (χ4v) is 2.32. The van der Waals surface area contributed by atoms with Crippen molar-refractivity contribution in [2.45, 2.75) is 63.1 Å². The number of rotatable bonds is 3. The second kappa shape index (κ2) is 3.46. The highest BCUT2D eigenvalue weighted by Crippen LogP contribution is 2.37. The molecule has 2 saturated heterocycles. The lowest BCUT2D eigenvalue weighted by Crippen LogP contribution is -2.25. The molecule has 5 atom stereocenters. The molecule has 0 aromatic carbocycles. The molecule has 1 saturated carbocycles. The van der Waals surface area contributed by atoms with Crippen molar-refractivity contribution in [2.24, 2.45) is 0 Å². The zero-order chi connectivity index (χ0) is 10.4. The van der Waals surface area contributed by atoms with Crippen molar-refractivity contribution in [1.82, 2.24) is 0 Å². The van der Waals surface area contributed by atoms with Gasteiger partial charge in [0, 0.05) is 6.42 Å². The van der Waals surface area contributed by atoms with Gasteiger partial charge in [-0.2, -0.15) is 0 Å². The molecule has 3 fully saturated rings. The molecular formula is C11H16O4. The second-order valence-corrected chi connectivity index (χ2v) is 4.72. The monoisotopic (exact) mass is 212 g/mol. The molecule has 0 bridgehead atoms. The first kappa shape index (κ1) is 9.60.